The molecule has 0 bridgehead atoms. The molecule has 0 aromatic heterocycles. The van der Waals surface area contributed by atoms with Crippen LogP contribution in [0.3, 0.4) is 0 Å². The molecule has 0 atom stereocenters. The molecule has 0 radical (unpaired) electrons. The summed E-state index contributed by atoms with van der Waals surface area (Å²) >= 11 is 0. The topological polar surface area (TPSA) is 68.2 Å². The monoisotopic (exact) mass is 122 g/mol. The lowest BCUT2D eigenvalue weighted by molar-refractivity contribution is -0.526. The maximum absolute atomic E-state index is 8.41. The quantitative estimate of drug-likeness (QED) is 0.385. The molecule has 0 aromatic carbocycles. The highest BCUT2D eigenvalue weighted by Gasteiger charge is 2.28. The average molecular weight is 122 g/mol. The minimum absolute atomic E-state index is 0.160. The van der Waals surface area contributed by atoms with Gasteiger partial charge in [-0.1, -0.05) is 0 Å². The smallest absolute Gasteiger partial charge is 0.329 e. The lowest BCUT2D eigenvalue weighted by Gasteiger charge is -2.24. The van der Waals surface area contributed by atoms with Gasteiger partial charge in [-0.2, -0.15) is 0 Å². The van der Waals surface area contributed by atoms with Gasteiger partial charge in [-0.05, 0) is 0 Å². The fourth-order valence-corrected chi connectivity index (χ4v) is 0.313. The normalized spacial score (nSPS) is 27.8. The van der Waals surface area contributed by atoms with Gasteiger partial charge in [0.1, 0.15) is 0 Å². The molecule has 1 aliphatic rings. The van der Waals surface area contributed by atoms with Crippen molar-refractivity contribution in [1.29, 1.82) is 0 Å². The standard InChI is InChI=1S/C3H6O5/c4-3(5)7-1-6-2-8-3/h4-5H,1-2H2. The van der Waals surface area contributed by atoms with Gasteiger partial charge in [0.25, 0.3) is 0 Å². The number of hydrogen-bond donors (Lipinski definition) is 2. The SMILES string of the molecule is OC1(O)OCOCO1. The second kappa shape index (κ2) is 1.96. The summed E-state index contributed by atoms with van der Waals surface area (Å²) in [5.41, 5.74) is 0. The van der Waals surface area contributed by atoms with E-state index in [0.29, 0.717) is 0 Å². The van der Waals surface area contributed by atoms with Crippen LogP contribution in [0.15, 0.2) is 0 Å². The molecule has 5 nitrogen and oxygen atoms in total. The van der Waals surface area contributed by atoms with Crippen molar-refractivity contribution >= 4 is 0 Å². The summed E-state index contributed by atoms with van der Waals surface area (Å²) in [6, 6.07) is 0. The van der Waals surface area contributed by atoms with Crippen LogP contribution in [-0.4, -0.2) is 30.0 Å². The van der Waals surface area contributed by atoms with E-state index in [9.17, 15) is 0 Å². The Morgan fingerprint density at radius 1 is 1.12 bits per heavy atom. The maximum Gasteiger partial charge on any atom is 0.411 e. The third kappa shape index (κ3) is 1.39. The van der Waals surface area contributed by atoms with Crippen LogP contribution in [0.5, 0.6) is 0 Å². The van der Waals surface area contributed by atoms with E-state index in [4.69, 9.17) is 10.2 Å². The molecule has 2 N–H and O–H groups in total. The summed E-state index contributed by atoms with van der Waals surface area (Å²) in [7, 11) is 0. The molecule has 0 aromatic rings. The molecular weight excluding hydrogens is 116 g/mol. The molecule has 1 fully saturated rings. The Morgan fingerprint density at radius 3 is 1.88 bits per heavy atom. The van der Waals surface area contributed by atoms with Crippen molar-refractivity contribution in [2.24, 2.45) is 0 Å². The molecule has 0 unspecified atom stereocenters. The largest absolute Gasteiger partial charge is 0.411 e. The molecule has 5 heteroatoms. The molecule has 1 aliphatic heterocycles. The summed E-state index contributed by atoms with van der Waals surface area (Å²) in [5.74, 6) is 0. The van der Waals surface area contributed by atoms with Crippen molar-refractivity contribution in [1.82, 2.24) is 0 Å². The minimum atomic E-state index is -2.45. The van der Waals surface area contributed by atoms with E-state index in [1.54, 1.807) is 0 Å². The van der Waals surface area contributed by atoms with Gasteiger partial charge in [0.05, 0.1) is 0 Å². The highest BCUT2D eigenvalue weighted by molar-refractivity contribution is 4.28. The highest BCUT2D eigenvalue weighted by atomic mass is 17.0. The summed E-state index contributed by atoms with van der Waals surface area (Å²) in [5, 5.41) is 16.8. The van der Waals surface area contributed by atoms with E-state index in [-0.39, 0.29) is 13.6 Å². The third-order valence-electron chi connectivity index (χ3n) is 0.661. The molecular formula is C3H6O5. The lowest BCUT2D eigenvalue weighted by Crippen LogP contribution is -2.40. The Balaban J connectivity index is 2.33. The van der Waals surface area contributed by atoms with E-state index >= 15 is 0 Å². The van der Waals surface area contributed by atoms with Gasteiger partial charge in [-0.15, -0.1) is 0 Å². The van der Waals surface area contributed by atoms with E-state index < -0.39 is 6.16 Å². The first-order valence-corrected chi connectivity index (χ1v) is 2.01. The van der Waals surface area contributed by atoms with Crippen LogP contribution in [0.2, 0.25) is 0 Å². The van der Waals surface area contributed by atoms with Gasteiger partial charge in [-0.25, -0.2) is 0 Å². The third-order valence-corrected chi connectivity index (χ3v) is 0.661. The van der Waals surface area contributed by atoms with Crippen LogP contribution in [0.1, 0.15) is 0 Å². The first-order valence-electron chi connectivity index (χ1n) is 2.01. The Hall–Kier alpha value is -0.200. The van der Waals surface area contributed by atoms with Gasteiger partial charge < -0.3 is 14.9 Å². The van der Waals surface area contributed by atoms with E-state index in [1.807, 2.05) is 0 Å². The van der Waals surface area contributed by atoms with Crippen LogP contribution < -0.4 is 0 Å². The molecule has 1 heterocycles. The molecule has 48 valence electrons. The summed E-state index contributed by atoms with van der Waals surface area (Å²) < 4.78 is 12.7. The van der Waals surface area contributed by atoms with Gasteiger partial charge in [0, 0.05) is 0 Å². The van der Waals surface area contributed by atoms with Gasteiger partial charge in [0.15, 0.2) is 13.6 Å². The lowest BCUT2D eigenvalue weighted by atomic mass is 11.0. The number of aliphatic hydroxyl groups is 2. The molecule has 1 saturated heterocycles. The Kier molecular flexibility index (Phi) is 1.45. The van der Waals surface area contributed by atoms with E-state index in [2.05, 4.69) is 14.2 Å². The van der Waals surface area contributed by atoms with Crippen molar-refractivity contribution < 1.29 is 24.4 Å². The summed E-state index contributed by atoms with van der Waals surface area (Å²) in [6.07, 6.45) is -2.45. The number of ether oxygens (including phenoxy) is 3. The van der Waals surface area contributed by atoms with E-state index in [1.165, 1.54) is 0 Å². The molecule has 0 spiro atoms. The van der Waals surface area contributed by atoms with Crippen molar-refractivity contribution in [3.05, 3.63) is 0 Å². The fourth-order valence-electron chi connectivity index (χ4n) is 0.313. The average Bonchev–Trinajstić information content (AvgIpc) is 1.65. The van der Waals surface area contributed by atoms with Gasteiger partial charge in [0.2, 0.25) is 0 Å². The van der Waals surface area contributed by atoms with E-state index in [0.717, 1.165) is 0 Å². The van der Waals surface area contributed by atoms with Gasteiger partial charge >= 0.3 is 6.16 Å². The van der Waals surface area contributed by atoms with Crippen molar-refractivity contribution in [3.8, 4) is 0 Å². The molecule has 0 amide bonds. The second-order valence-corrected chi connectivity index (χ2v) is 1.28. The zero-order valence-corrected chi connectivity index (χ0v) is 4.03. The Labute approximate surface area is 45.4 Å². The number of rotatable bonds is 0. The van der Waals surface area contributed by atoms with Crippen LogP contribution in [0, 0.1) is 0 Å². The Morgan fingerprint density at radius 2 is 1.62 bits per heavy atom. The zero-order chi connectivity index (χ0) is 6.04. The molecule has 1 rings (SSSR count). The first kappa shape index (κ1) is 5.93. The molecule has 0 aliphatic carbocycles. The van der Waals surface area contributed by atoms with Crippen LogP contribution in [-0.2, 0) is 14.2 Å². The molecule has 8 heavy (non-hydrogen) atoms. The number of hydrogen-bond acceptors (Lipinski definition) is 5. The predicted octanol–water partition coefficient (Wildman–Crippen LogP) is -1.44. The predicted molar refractivity (Wildman–Crippen MR) is 20.2 cm³/mol. The van der Waals surface area contributed by atoms with Crippen molar-refractivity contribution in [3.63, 3.8) is 0 Å². The van der Waals surface area contributed by atoms with Gasteiger partial charge in [-0.3, -0.25) is 9.47 Å². The maximum atomic E-state index is 8.41. The second-order valence-electron chi connectivity index (χ2n) is 1.28. The zero-order valence-electron chi connectivity index (χ0n) is 4.03. The minimum Gasteiger partial charge on any atom is -0.329 e. The summed E-state index contributed by atoms with van der Waals surface area (Å²) in [4.78, 5) is 0. The fraction of sp³-hybridized carbons (Fsp3) is 1.00. The van der Waals surface area contributed by atoms with Crippen molar-refractivity contribution in [2.75, 3.05) is 13.6 Å². The summed E-state index contributed by atoms with van der Waals surface area (Å²) in [6.45, 7) is -0.319. The van der Waals surface area contributed by atoms with Crippen LogP contribution >= 0.6 is 0 Å². The van der Waals surface area contributed by atoms with Crippen molar-refractivity contribution in [2.45, 2.75) is 6.16 Å². The van der Waals surface area contributed by atoms with Crippen LogP contribution in [0.4, 0.5) is 0 Å². The Bertz CT molecular complexity index is 71.7. The molecule has 0 saturated carbocycles. The first-order chi connectivity index (χ1) is 3.71. The van der Waals surface area contributed by atoms with Crippen LogP contribution in [0.25, 0.3) is 0 Å². The highest BCUT2D eigenvalue weighted by Crippen LogP contribution is 2.08.